The lowest BCUT2D eigenvalue weighted by atomic mass is 10.4. The van der Waals surface area contributed by atoms with Crippen LogP contribution in [0.2, 0.25) is 0 Å². The number of nitrogens with zero attached hydrogens (tertiary/aromatic N) is 1. The predicted molar refractivity (Wildman–Crippen MR) is 36.7 cm³/mol. The van der Waals surface area contributed by atoms with E-state index in [0.29, 0.717) is 6.42 Å². The predicted octanol–water partition coefficient (Wildman–Crippen LogP) is 1.45. The van der Waals surface area contributed by atoms with Gasteiger partial charge in [-0.05, 0) is 29.2 Å². The average molecular weight is 162 g/mol. The fourth-order valence-corrected chi connectivity index (χ4v) is 1.27. The third kappa shape index (κ3) is 2.11. The van der Waals surface area contributed by atoms with Crippen LogP contribution in [0.15, 0.2) is 12.3 Å². The molecule has 0 N–H and O–H groups in total. The van der Waals surface area contributed by atoms with E-state index in [0.717, 1.165) is 4.88 Å². The van der Waals surface area contributed by atoms with E-state index in [1.807, 2.05) is 0 Å². The maximum Gasteiger partial charge on any atom is 0.226 e. The molecule has 0 aliphatic carbocycles. The van der Waals surface area contributed by atoms with Crippen LogP contribution >= 0.6 is 23.1 Å². The van der Waals surface area contributed by atoms with Gasteiger partial charge in [0.25, 0.3) is 0 Å². The molecule has 0 amide bonds. The Labute approximate surface area is 61.6 Å². The third-order valence-electron chi connectivity index (χ3n) is 0.804. The minimum absolute atomic E-state index is 0.298. The van der Waals surface area contributed by atoms with Gasteiger partial charge in [0.2, 0.25) is 5.24 Å². The summed E-state index contributed by atoms with van der Waals surface area (Å²) in [6.07, 6.45) is 1.95. The molecule has 1 rings (SSSR count). The molecule has 0 radical (unpaired) electrons. The van der Waals surface area contributed by atoms with Crippen LogP contribution in [-0.4, -0.2) is 9.62 Å². The first-order valence-corrected chi connectivity index (χ1v) is 3.52. The van der Waals surface area contributed by atoms with Gasteiger partial charge >= 0.3 is 0 Å². The molecular formula is C5H4ClNOS. The van der Waals surface area contributed by atoms with Crippen LogP contribution in [0.1, 0.15) is 4.88 Å². The summed E-state index contributed by atoms with van der Waals surface area (Å²) in [5, 5.41) is -0.334. The number of aromatic nitrogens is 1. The molecule has 0 aromatic carbocycles. The van der Waals surface area contributed by atoms with E-state index in [1.165, 1.54) is 11.5 Å². The first kappa shape index (κ1) is 6.71. The summed E-state index contributed by atoms with van der Waals surface area (Å²) in [4.78, 5) is 11.2. The summed E-state index contributed by atoms with van der Waals surface area (Å²) < 4.78 is 3.81. The normalized spacial score (nSPS) is 9.44. The Bertz CT molecular complexity index is 197. The second-order valence-corrected chi connectivity index (χ2v) is 2.85. The molecule has 0 saturated heterocycles. The molecule has 0 unspecified atom stereocenters. The smallest absolute Gasteiger partial charge is 0.226 e. The Morgan fingerprint density at radius 2 is 2.67 bits per heavy atom. The molecule has 0 aliphatic rings. The van der Waals surface area contributed by atoms with Crippen molar-refractivity contribution in [1.82, 2.24) is 4.37 Å². The zero-order chi connectivity index (χ0) is 6.69. The van der Waals surface area contributed by atoms with Crippen molar-refractivity contribution in [2.75, 3.05) is 0 Å². The summed E-state index contributed by atoms with van der Waals surface area (Å²) in [5.74, 6) is 0. The van der Waals surface area contributed by atoms with Gasteiger partial charge in [-0.3, -0.25) is 4.79 Å². The Hall–Kier alpha value is -0.410. The van der Waals surface area contributed by atoms with Crippen molar-refractivity contribution in [1.29, 1.82) is 0 Å². The first-order valence-electron chi connectivity index (χ1n) is 2.37. The van der Waals surface area contributed by atoms with E-state index in [1.54, 1.807) is 12.3 Å². The van der Waals surface area contributed by atoms with Crippen LogP contribution in [0, 0.1) is 0 Å². The summed E-state index contributed by atoms with van der Waals surface area (Å²) in [6, 6.07) is 1.78. The van der Waals surface area contributed by atoms with Gasteiger partial charge in [0.1, 0.15) is 0 Å². The highest BCUT2D eigenvalue weighted by atomic mass is 35.5. The largest absolute Gasteiger partial charge is 0.281 e. The minimum Gasteiger partial charge on any atom is -0.281 e. The van der Waals surface area contributed by atoms with E-state index in [9.17, 15) is 4.79 Å². The Balaban J connectivity index is 2.58. The van der Waals surface area contributed by atoms with E-state index < -0.39 is 0 Å². The summed E-state index contributed by atoms with van der Waals surface area (Å²) in [7, 11) is 0. The number of halogens is 1. The topological polar surface area (TPSA) is 30.0 Å². The number of hydrogen-bond acceptors (Lipinski definition) is 3. The van der Waals surface area contributed by atoms with E-state index in [-0.39, 0.29) is 5.24 Å². The van der Waals surface area contributed by atoms with Crippen LogP contribution in [0.5, 0.6) is 0 Å². The fourth-order valence-electron chi connectivity index (χ4n) is 0.470. The van der Waals surface area contributed by atoms with Crippen molar-refractivity contribution in [3.8, 4) is 0 Å². The zero-order valence-corrected chi connectivity index (χ0v) is 6.08. The Morgan fingerprint density at radius 3 is 3.11 bits per heavy atom. The second-order valence-electron chi connectivity index (χ2n) is 1.51. The molecule has 0 spiro atoms. The van der Waals surface area contributed by atoms with Crippen molar-refractivity contribution in [3.63, 3.8) is 0 Å². The van der Waals surface area contributed by atoms with Crippen LogP contribution in [0.3, 0.4) is 0 Å². The maximum atomic E-state index is 10.3. The highest BCUT2D eigenvalue weighted by Crippen LogP contribution is 2.06. The third-order valence-corrected chi connectivity index (χ3v) is 1.68. The molecule has 9 heavy (non-hydrogen) atoms. The highest BCUT2D eigenvalue weighted by Gasteiger charge is 1.98. The number of rotatable bonds is 2. The molecule has 0 aliphatic heterocycles. The number of carbonyl (C=O) groups is 1. The molecule has 1 heterocycles. The second kappa shape index (κ2) is 2.94. The minimum atomic E-state index is -0.334. The van der Waals surface area contributed by atoms with Gasteiger partial charge < -0.3 is 0 Å². The van der Waals surface area contributed by atoms with Gasteiger partial charge in [-0.1, -0.05) is 0 Å². The number of hydrogen-bond donors (Lipinski definition) is 0. The molecule has 0 saturated carbocycles. The molecule has 0 atom stereocenters. The van der Waals surface area contributed by atoms with Crippen LogP contribution < -0.4 is 0 Å². The van der Waals surface area contributed by atoms with E-state index in [4.69, 9.17) is 11.6 Å². The summed E-state index contributed by atoms with van der Waals surface area (Å²) in [6.45, 7) is 0. The van der Waals surface area contributed by atoms with Gasteiger partial charge in [0, 0.05) is 11.1 Å². The van der Waals surface area contributed by atoms with Crippen LogP contribution in [0.25, 0.3) is 0 Å². The van der Waals surface area contributed by atoms with Crippen LogP contribution in [0.4, 0.5) is 0 Å². The zero-order valence-electron chi connectivity index (χ0n) is 4.50. The van der Waals surface area contributed by atoms with Crippen molar-refractivity contribution >= 4 is 28.4 Å². The average Bonchev–Trinajstić information content (AvgIpc) is 2.15. The van der Waals surface area contributed by atoms with Crippen LogP contribution in [-0.2, 0) is 11.2 Å². The Morgan fingerprint density at radius 1 is 1.89 bits per heavy atom. The standard InChI is InChI=1S/C5H4ClNOS/c6-5(8)3-4-1-2-7-9-4/h1-2H,3H2. The van der Waals surface area contributed by atoms with E-state index >= 15 is 0 Å². The molecule has 0 fully saturated rings. The SMILES string of the molecule is O=C(Cl)Cc1ccns1. The first-order chi connectivity index (χ1) is 4.29. The highest BCUT2D eigenvalue weighted by molar-refractivity contribution is 7.05. The Kier molecular flexibility index (Phi) is 2.19. The molecule has 4 heteroatoms. The van der Waals surface area contributed by atoms with Crippen molar-refractivity contribution in [2.45, 2.75) is 6.42 Å². The molecular weight excluding hydrogens is 158 g/mol. The lowest BCUT2D eigenvalue weighted by molar-refractivity contribution is -0.111. The van der Waals surface area contributed by atoms with Gasteiger partial charge in [0.15, 0.2) is 0 Å². The van der Waals surface area contributed by atoms with Crippen molar-refractivity contribution in [3.05, 3.63) is 17.1 Å². The molecule has 2 nitrogen and oxygen atoms in total. The van der Waals surface area contributed by atoms with Gasteiger partial charge in [-0.25, -0.2) is 4.37 Å². The lowest BCUT2D eigenvalue weighted by Gasteiger charge is -1.82. The molecule has 1 aromatic rings. The fraction of sp³-hybridized carbons (Fsp3) is 0.200. The summed E-state index contributed by atoms with van der Waals surface area (Å²) in [5.41, 5.74) is 0. The summed E-state index contributed by atoms with van der Waals surface area (Å²) >= 11 is 6.41. The lowest BCUT2D eigenvalue weighted by Crippen LogP contribution is -1.88. The maximum absolute atomic E-state index is 10.3. The molecule has 48 valence electrons. The monoisotopic (exact) mass is 161 g/mol. The van der Waals surface area contributed by atoms with Gasteiger partial charge in [-0.2, -0.15) is 0 Å². The van der Waals surface area contributed by atoms with Gasteiger partial charge in [0.05, 0.1) is 6.42 Å². The van der Waals surface area contributed by atoms with Crippen molar-refractivity contribution in [2.24, 2.45) is 0 Å². The quantitative estimate of drug-likeness (QED) is 0.615. The van der Waals surface area contributed by atoms with Gasteiger partial charge in [-0.15, -0.1) is 0 Å². The number of carbonyl (C=O) groups excluding carboxylic acids is 1. The van der Waals surface area contributed by atoms with E-state index in [2.05, 4.69) is 4.37 Å². The molecule has 1 aromatic heterocycles. The van der Waals surface area contributed by atoms with Crippen molar-refractivity contribution < 1.29 is 4.79 Å². The molecule has 0 bridgehead atoms.